The lowest BCUT2D eigenvalue weighted by molar-refractivity contribution is -0.129. The fraction of sp³-hybridized carbons (Fsp3) is 0. The summed E-state index contributed by atoms with van der Waals surface area (Å²) >= 11 is 7.77. The first-order valence-electron chi connectivity index (χ1n) is 7.08. The number of hydrogen-bond acceptors (Lipinski definition) is 4. The van der Waals surface area contributed by atoms with Crippen molar-refractivity contribution in [3.05, 3.63) is 75.5 Å². The summed E-state index contributed by atoms with van der Waals surface area (Å²) in [6.45, 7) is 0. The number of esters is 1. The summed E-state index contributed by atoms with van der Waals surface area (Å²) in [4.78, 5) is 16.8. The molecule has 1 aliphatic heterocycles. The molecule has 3 aromatic rings. The fourth-order valence-electron chi connectivity index (χ4n) is 2.40. The van der Waals surface area contributed by atoms with Gasteiger partial charge in [0.15, 0.2) is 5.70 Å². The zero-order valence-electron chi connectivity index (χ0n) is 12.1. The van der Waals surface area contributed by atoms with E-state index in [0.29, 0.717) is 9.90 Å². The molecule has 24 heavy (non-hydrogen) atoms. The summed E-state index contributed by atoms with van der Waals surface area (Å²) < 4.78 is 19.9. The van der Waals surface area contributed by atoms with Crippen molar-refractivity contribution in [2.75, 3.05) is 0 Å². The van der Waals surface area contributed by atoms with Crippen LogP contribution in [0.1, 0.15) is 10.4 Å². The predicted molar refractivity (Wildman–Crippen MR) is 93.8 cm³/mol. The summed E-state index contributed by atoms with van der Waals surface area (Å²) in [7, 11) is 0. The lowest BCUT2D eigenvalue weighted by Crippen LogP contribution is -2.04. The van der Waals surface area contributed by atoms with Crippen molar-refractivity contribution >= 4 is 51.0 Å². The SMILES string of the molecule is O=C1OC(c2sc3ccccc3c2Cl)=N/C1=C/c1ccccc1F. The van der Waals surface area contributed by atoms with Gasteiger partial charge in [-0.2, -0.15) is 0 Å². The molecule has 0 radical (unpaired) electrons. The Labute approximate surface area is 145 Å². The lowest BCUT2D eigenvalue weighted by atomic mass is 10.2. The standard InChI is InChI=1S/C18H9ClFNO2S/c19-15-11-6-2-4-8-14(11)24-16(15)17-21-13(18(22)23-17)9-10-5-1-3-7-12(10)20/h1-9H/b13-9+. The molecule has 118 valence electrons. The molecule has 0 fully saturated rings. The van der Waals surface area contributed by atoms with Gasteiger partial charge in [-0.05, 0) is 18.2 Å². The van der Waals surface area contributed by atoms with Gasteiger partial charge in [-0.3, -0.25) is 0 Å². The minimum absolute atomic E-state index is 0.0450. The first kappa shape index (κ1) is 15.1. The Balaban J connectivity index is 1.78. The van der Waals surface area contributed by atoms with Crippen LogP contribution < -0.4 is 0 Å². The van der Waals surface area contributed by atoms with Gasteiger partial charge in [0, 0.05) is 15.6 Å². The highest BCUT2D eigenvalue weighted by Gasteiger charge is 2.28. The maximum atomic E-state index is 13.7. The molecule has 0 saturated heterocycles. The van der Waals surface area contributed by atoms with Crippen LogP contribution in [0, 0.1) is 5.82 Å². The highest BCUT2D eigenvalue weighted by atomic mass is 35.5. The molecule has 1 aliphatic rings. The summed E-state index contributed by atoms with van der Waals surface area (Å²) in [6, 6.07) is 13.8. The number of cyclic esters (lactones) is 1. The monoisotopic (exact) mass is 357 g/mol. The topological polar surface area (TPSA) is 38.7 Å². The lowest BCUT2D eigenvalue weighted by Gasteiger charge is -1.96. The third-order valence-corrected chi connectivity index (χ3v) is 5.21. The number of benzene rings is 2. The molecule has 0 N–H and O–H groups in total. The van der Waals surface area contributed by atoms with Crippen LogP contribution in [-0.2, 0) is 9.53 Å². The van der Waals surface area contributed by atoms with Crippen LogP contribution in [0.2, 0.25) is 5.02 Å². The number of nitrogens with zero attached hydrogens (tertiary/aromatic N) is 1. The second-order valence-corrected chi connectivity index (χ2v) is 6.53. The van der Waals surface area contributed by atoms with Crippen LogP contribution in [0.5, 0.6) is 0 Å². The molecule has 0 unspecified atom stereocenters. The quantitative estimate of drug-likeness (QED) is 0.476. The molecule has 0 bridgehead atoms. The van der Waals surface area contributed by atoms with Gasteiger partial charge in [-0.15, -0.1) is 11.3 Å². The largest absolute Gasteiger partial charge is 0.401 e. The van der Waals surface area contributed by atoms with Crippen molar-refractivity contribution in [3.8, 4) is 0 Å². The van der Waals surface area contributed by atoms with Crippen molar-refractivity contribution in [2.45, 2.75) is 0 Å². The molecule has 4 rings (SSSR count). The second-order valence-electron chi connectivity index (χ2n) is 5.10. The Morgan fingerprint density at radius 1 is 1.12 bits per heavy atom. The average Bonchev–Trinajstić information content (AvgIpc) is 3.11. The number of thiophene rings is 1. The van der Waals surface area contributed by atoms with E-state index in [-0.39, 0.29) is 17.2 Å². The summed E-state index contributed by atoms with van der Waals surface area (Å²) in [6.07, 6.45) is 1.37. The summed E-state index contributed by atoms with van der Waals surface area (Å²) in [5.74, 6) is -0.906. The second kappa shape index (κ2) is 5.85. The van der Waals surface area contributed by atoms with Crippen molar-refractivity contribution in [1.29, 1.82) is 0 Å². The number of halogens is 2. The number of carbonyl (C=O) groups is 1. The molecule has 6 heteroatoms. The molecule has 0 saturated carbocycles. The first-order chi connectivity index (χ1) is 11.6. The normalized spacial score (nSPS) is 15.8. The molecular formula is C18H9ClFNO2S. The van der Waals surface area contributed by atoms with Crippen molar-refractivity contribution < 1.29 is 13.9 Å². The third kappa shape index (κ3) is 2.52. The minimum atomic E-state index is -0.623. The Hall–Kier alpha value is -2.50. The molecular weight excluding hydrogens is 349 g/mol. The van der Waals surface area contributed by atoms with Gasteiger partial charge in [0.25, 0.3) is 0 Å². The summed E-state index contributed by atoms with van der Waals surface area (Å²) in [5, 5.41) is 1.37. The minimum Gasteiger partial charge on any atom is -0.401 e. The Morgan fingerprint density at radius 3 is 2.67 bits per heavy atom. The number of rotatable bonds is 2. The molecule has 0 amide bonds. The van der Waals surface area contributed by atoms with Crippen LogP contribution >= 0.6 is 22.9 Å². The average molecular weight is 358 g/mol. The van der Waals surface area contributed by atoms with Crippen LogP contribution in [-0.4, -0.2) is 11.9 Å². The highest BCUT2D eigenvalue weighted by Crippen LogP contribution is 2.37. The zero-order valence-corrected chi connectivity index (χ0v) is 13.7. The van der Waals surface area contributed by atoms with Crippen LogP contribution in [0.4, 0.5) is 4.39 Å². The Kier molecular flexibility index (Phi) is 3.67. The Morgan fingerprint density at radius 2 is 1.88 bits per heavy atom. The van der Waals surface area contributed by atoms with E-state index in [0.717, 1.165) is 10.1 Å². The van der Waals surface area contributed by atoms with E-state index in [4.69, 9.17) is 16.3 Å². The van der Waals surface area contributed by atoms with Gasteiger partial charge in [-0.1, -0.05) is 48.0 Å². The van der Waals surface area contributed by atoms with Crippen LogP contribution in [0.25, 0.3) is 16.2 Å². The van der Waals surface area contributed by atoms with Crippen molar-refractivity contribution in [1.82, 2.24) is 0 Å². The van der Waals surface area contributed by atoms with E-state index >= 15 is 0 Å². The smallest absolute Gasteiger partial charge is 0.363 e. The first-order valence-corrected chi connectivity index (χ1v) is 8.27. The van der Waals surface area contributed by atoms with Gasteiger partial charge in [0.2, 0.25) is 5.90 Å². The number of carbonyl (C=O) groups excluding carboxylic acids is 1. The van der Waals surface area contributed by atoms with Gasteiger partial charge in [0.05, 0.1) is 5.02 Å². The molecule has 0 spiro atoms. The third-order valence-electron chi connectivity index (χ3n) is 3.55. The molecule has 2 heterocycles. The van der Waals surface area contributed by atoms with Crippen LogP contribution in [0.15, 0.2) is 59.2 Å². The number of fused-ring (bicyclic) bond motifs is 1. The van der Waals surface area contributed by atoms with Gasteiger partial charge in [0.1, 0.15) is 10.7 Å². The van der Waals surface area contributed by atoms with E-state index in [9.17, 15) is 9.18 Å². The van der Waals surface area contributed by atoms with E-state index in [1.807, 2.05) is 24.3 Å². The molecule has 0 aliphatic carbocycles. The molecule has 1 aromatic heterocycles. The number of hydrogen-bond donors (Lipinski definition) is 0. The Bertz CT molecular complexity index is 1040. The van der Waals surface area contributed by atoms with E-state index in [2.05, 4.69) is 4.99 Å². The maximum Gasteiger partial charge on any atom is 0.363 e. The van der Waals surface area contributed by atoms with Crippen molar-refractivity contribution in [2.24, 2.45) is 4.99 Å². The van der Waals surface area contributed by atoms with Crippen LogP contribution in [0.3, 0.4) is 0 Å². The number of aliphatic imine (C=N–C) groups is 1. The number of ether oxygens (including phenoxy) is 1. The highest BCUT2D eigenvalue weighted by molar-refractivity contribution is 7.21. The molecule has 2 aromatic carbocycles. The maximum absolute atomic E-state index is 13.7. The summed E-state index contributed by atoms with van der Waals surface area (Å²) in [5.41, 5.74) is 0.320. The van der Waals surface area contributed by atoms with Gasteiger partial charge < -0.3 is 4.74 Å². The zero-order chi connectivity index (χ0) is 16.7. The van der Waals surface area contributed by atoms with Gasteiger partial charge >= 0.3 is 5.97 Å². The predicted octanol–water partition coefficient (Wildman–Crippen LogP) is 5.04. The van der Waals surface area contributed by atoms with E-state index < -0.39 is 11.8 Å². The van der Waals surface area contributed by atoms with E-state index in [1.165, 1.54) is 23.5 Å². The van der Waals surface area contributed by atoms with Crippen molar-refractivity contribution in [3.63, 3.8) is 0 Å². The van der Waals surface area contributed by atoms with E-state index in [1.54, 1.807) is 18.2 Å². The fourth-order valence-corrected chi connectivity index (χ4v) is 3.84. The molecule has 3 nitrogen and oxygen atoms in total. The van der Waals surface area contributed by atoms with Gasteiger partial charge in [-0.25, -0.2) is 14.2 Å². The molecule has 0 atom stereocenters.